The van der Waals surface area contributed by atoms with Crippen LogP contribution in [0, 0.1) is 5.92 Å². The molecule has 0 spiro atoms. The molecule has 0 aliphatic carbocycles. The van der Waals surface area contributed by atoms with Crippen molar-refractivity contribution >= 4 is 5.96 Å². The van der Waals surface area contributed by atoms with E-state index in [-0.39, 0.29) is 0 Å². The Hall–Kier alpha value is -0.850. The summed E-state index contributed by atoms with van der Waals surface area (Å²) >= 11 is 0. The molecule has 6 nitrogen and oxygen atoms in total. The average Bonchev–Trinajstić information content (AvgIpc) is 3.20. The minimum atomic E-state index is 0.638. The number of hydrogen-bond acceptors (Lipinski definition) is 4. The molecule has 120 valence electrons. The van der Waals surface area contributed by atoms with Crippen molar-refractivity contribution in [1.82, 2.24) is 15.1 Å². The van der Waals surface area contributed by atoms with E-state index in [2.05, 4.69) is 20.1 Å². The van der Waals surface area contributed by atoms with Crippen LogP contribution in [0.2, 0.25) is 0 Å². The first-order valence-corrected chi connectivity index (χ1v) is 8.22. The lowest BCUT2D eigenvalue weighted by molar-refractivity contribution is 0.0195. The Morgan fingerprint density at radius 1 is 1.14 bits per heavy atom. The Bertz CT molecular complexity index is 352. The van der Waals surface area contributed by atoms with Crippen LogP contribution in [-0.2, 0) is 9.47 Å². The zero-order chi connectivity index (χ0) is 14.5. The van der Waals surface area contributed by atoms with E-state index in [1.165, 1.54) is 12.8 Å². The van der Waals surface area contributed by atoms with Gasteiger partial charge in [-0.05, 0) is 12.8 Å². The molecule has 0 aromatic rings. The second kappa shape index (κ2) is 7.42. The molecule has 0 aromatic heterocycles. The summed E-state index contributed by atoms with van der Waals surface area (Å²) in [6.07, 6.45) is 2.40. The highest BCUT2D eigenvalue weighted by molar-refractivity contribution is 5.80. The highest BCUT2D eigenvalue weighted by Crippen LogP contribution is 2.17. The molecule has 0 bridgehead atoms. The molecule has 1 N–H and O–H groups in total. The molecule has 3 saturated heterocycles. The summed E-state index contributed by atoms with van der Waals surface area (Å²) in [5, 5.41) is 3.53. The van der Waals surface area contributed by atoms with Crippen molar-refractivity contribution in [3.63, 3.8) is 0 Å². The number of nitrogens with one attached hydrogen (secondary N) is 1. The molecule has 0 amide bonds. The van der Waals surface area contributed by atoms with Crippen LogP contribution >= 0.6 is 0 Å². The van der Waals surface area contributed by atoms with Crippen molar-refractivity contribution in [2.45, 2.75) is 18.9 Å². The van der Waals surface area contributed by atoms with Crippen molar-refractivity contribution in [2.24, 2.45) is 10.9 Å². The fraction of sp³-hybridized carbons (Fsp3) is 0.933. The van der Waals surface area contributed by atoms with Crippen LogP contribution in [0.1, 0.15) is 12.8 Å². The Kier molecular flexibility index (Phi) is 5.32. The minimum absolute atomic E-state index is 0.638. The van der Waals surface area contributed by atoms with E-state index in [0.29, 0.717) is 12.0 Å². The molecule has 3 rings (SSSR count). The second-order valence-corrected chi connectivity index (χ2v) is 6.19. The van der Waals surface area contributed by atoms with E-state index in [9.17, 15) is 0 Å². The van der Waals surface area contributed by atoms with Crippen LogP contribution in [0.25, 0.3) is 0 Å². The van der Waals surface area contributed by atoms with Crippen molar-refractivity contribution in [3.05, 3.63) is 0 Å². The molecule has 3 aliphatic heterocycles. The average molecular weight is 296 g/mol. The number of nitrogens with zero attached hydrogens (tertiary/aromatic N) is 3. The number of ether oxygens (including phenoxy) is 2. The van der Waals surface area contributed by atoms with Crippen LogP contribution < -0.4 is 5.32 Å². The maximum Gasteiger partial charge on any atom is 0.193 e. The van der Waals surface area contributed by atoms with E-state index >= 15 is 0 Å². The third-order valence-corrected chi connectivity index (χ3v) is 4.81. The minimum Gasteiger partial charge on any atom is -0.381 e. The fourth-order valence-corrected chi connectivity index (χ4v) is 3.49. The van der Waals surface area contributed by atoms with Gasteiger partial charge in [-0.25, -0.2) is 0 Å². The number of hydrogen-bond donors (Lipinski definition) is 1. The van der Waals surface area contributed by atoms with Crippen LogP contribution in [0.4, 0.5) is 0 Å². The maximum atomic E-state index is 5.45. The van der Waals surface area contributed by atoms with Gasteiger partial charge in [0.1, 0.15) is 0 Å². The number of rotatable bonds is 3. The van der Waals surface area contributed by atoms with Gasteiger partial charge in [0.2, 0.25) is 0 Å². The van der Waals surface area contributed by atoms with Crippen molar-refractivity contribution in [3.8, 4) is 0 Å². The predicted octanol–water partition coefficient (Wildman–Crippen LogP) is 0.00480. The van der Waals surface area contributed by atoms with Gasteiger partial charge in [-0.3, -0.25) is 9.89 Å². The topological polar surface area (TPSA) is 49.3 Å². The second-order valence-electron chi connectivity index (χ2n) is 6.19. The van der Waals surface area contributed by atoms with Crippen LogP contribution in [0.3, 0.4) is 0 Å². The highest BCUT2D eigenvalue weighted by Gasteiger charge is 2.30. The van der Waals surface area contributed by atoms with Gasteiger partial charge in [-0.2, -0.15) is 0 Å². The Morgan fingerprint density at radius 2 is 2.00 bits per heavy atom. The van der Waals surface area contributed by atoms with Gasteiger partial charge in [0.05, 0.1) is 19.8 Å². The van der Waals surface area contributed by atoms with Gasteiger partial charge >= 0.3 is 0 Å². The SMILES string of the molecule is CN=C(NCC1CCOC1)N1CCC(N2CCOCC2)C1. The lowest BCUT2D eigenvalue weighted by Gasteiger charge is -2.32. The van der Waals surface area contributed by atoms with Gasteiger partial charge < -0.3 is 19.7 Å². The molecule has 2 unspecified atom stereocenters. The summed E-state index contributed by atoms with van der Waals surface area (Å²) in [4.78, 5) is 9.43. The number of likely N-dealkylation sites (tertiary alicyclic amines) is 1. The number of guanidine groups is 1. The quantitative estimate of drug-likeness (QED) is 0.587. The molecule has 0 radical (unpaired) electrons. The first-order chi connectivity index (χ1) is 10.4. The lowest BCUT2D eigenvalue weighted by Crippen LogP contribution is -2.47. The largest absolute Gasteiger partial charge is 0.381 e. The number of aliphatic imine (C=N–C) groups is 1. The first-order valence-electron chi connectivity index (χ1n) is 8.22. The van der Waals surface area contributed by atoms with E-state index in [0.717, 1.165) is 65.1 Å². The molecule has 6 heteroatoms. The summed E-state index contributed by atoms with van der Waals surface area (Å²) < 4.78 is 10.9. The van der Waals surface area contributed by atoms with Gasteiger partial charge in [0, 0.05) is 58.3 Å². The fourth-order valence-electron chi connectivity index (χ4n) is 3.49. The molecule has 0 aromatic carbocycles. The maximum absolute atomic E-state index is 5.45. The smallest absolute Gasteiger partial charge is 0.193 e. The van der Waals surface area contributed by atoms with Crippen molar-refractivity contribution < 1.29 is 9.47 Å². The normalized spacial score (nSPS) is 31.9. The summed E-state index contributed by atoms with van der Waals surface area (Å²) in [7, 11) is 1.88. The lowest BCUT2D eigenvalue weighted by atomic mass is 10.1. The monoisotopic (exact) mass is 296 g/mol. The third kappa shape index (κ3) is 3.87. The van der Waals surface area contributed by atoms with Gasteiger partial charge in [0.25, 0.3) is 0 Å². The van der Waals surface area contributed by atoms with Crippen LogP contribution in [-0.4, -0.2) is 88.0 Å². The van der Waals surface area contributed by atoms with Crippen LogP contribution in [0.15, 0.2) is 4.99 Å². The summed E-state index contributed by atoms with van der Waals surface area (Å²) in [6.45, 7) is 8.87. The standard InChI is InChI=1S/C15H28N4O2/c1-16-15(17-10-13-3-7-21-12-13)19-4-2-14(11-19)18-5-8-20-9-6-18/h13-14H,2-12H2,1H3,(H,16,17). The van der Waals surface area contributed by atoms with E-state index in [4.69, 9.17) is 9.47 Å². The molecule has 2 atom stereocenters. The number of morpholine rings is 1. The van der Waals surface area contributed by atoms with E-state index < -0.39 is 0 Å². The molecule has 3 aliphatic rings. The molecular formula is C15H28N4O2. The van der Waals surface area contributed by atoms with Crippen molar-refractivity contribution in [1.29, 1.82) is 0 Å². The van der Waals surface area contributed by atoms with Gasteiger partial charge in [-0.15, -0.1) is 0 Å². The third-order valence-electron chi connectivity index (χ3n) is 4.81. The summed E-state index contributed by atoms with van der Waals surface area (Å²) in [6, 6.07) is 0.655. The Morgan fingerprint density at radius 3 is 2.71 bits per heavy atom. The van der Waals surface area contributed by atoms with Crippen molar-refractivity contribution in [2.75, 3.05) is 66.2 Å². The zero-order valence-corrected chi connectivity index (χ0v) is 13.1. The van der Waals surface area contributed by atoms with E-state index in [1.54, 1.807) is 0 Å². The summed E-state index contributed by atoms with van der Waals surface area (Å²) in [5.74, 6) is 1.69. The van der Waals surface area contributed by atoms with E-state index in [1.807, 2.05) is 7.05 Å². The predicted molar refractivity (Wildman–Crippen MR) is 82.7 cm³/mol. The summed E-state index contributed by atoms with van der Waals surface area (Å²) in [5.41, 5.74) is 0. The Balaban J connectivity index is 1.46. The molecule has 0 saturated carbocycles. The molecular weight excluding hydrogens is 268 g/mol. The molecule has 3 heterocycles. The van der Waals surface area contributed by atoms with Gasteiger partial charge in [0.15, 0.2) is 5.96 Å². The Labute approximate surface area is 127 Å². The van der Waals surface area contributed by atoms with Gasteiger partial charge in [-0.1, -0.05) is 0 Å². The molecule has 21 heavy (non-hydrogen) atoms. The zero-order valence-electron chi connectivity index (χ0n) is 13.1. The molecule has 3 fully saturated rings. The van der Waals surface area contributed by atoms with Crippen LogP contribution in [0.5, 0.6) is 0 Å². The highest BCUT2D eigenvalue weighted by atomic mass is 16.5. The first kappa shape index (κ1) is 15.1.